The number of aromatic nitrogens is 2. The minimum absolute atomic E-state index is 0.0225. The van der Waals surface area contributed by atoms with Gasteiger partial charge in [0.1, 0.15) is 5.82 Å². The van der Waals surface area contributed by atoms with Crippen molar-refractivity contribution in [1.82, 2.24) is 9.78 Å². The van der Waals surface area contributed by atoms with E-state index in [0.717, 1.165) is 12.0 Å². The zero-order chi connectivity index (χ0) is 14.3. The Balaban J connectivity index is 2.00. The van der Waals surface area contributed by atoms with Crippen LogP contribution in [0.25, 0.3) is 0 Å². The summed E-state index contributed by atoms with van der Waals surface area (Å²) in [7, 11) is 0. The van der Waals surface area contributed by atoms with Crippen LogP contribution in [-0.2, 0) is 12.8 Å². The van der Waals surface area contributed by atoms with Crippen LogP contribution in [-0.4, -0.2) is 9.78 Å². The Bertz CT molecular complexity index is 696. The van der Waals surface area contributed by atoms with Crippen LogP contribution < -0.4 is 11.3 Å². The summed E-state index contributed by atoms with van der Waals surface area (Å²) in [5, 5.41) is 2.97. The number of hydrogen-bond acceptors (Lipinski definition) is 2. The number of nitrogens with two attached hydrogens (primary N) is 1. The molecule has 1 atom stereocenters. The van der Waals surface area contributed by atoms with Gasteiger partial charge in [-0.25, -0.2) is 4.68 Å². The zero-order valence-electron chi connectivity index (χ0n) is 12.1. The first-order valence-corrected chi connectivity index (χ1v) is 7.26. The van der Waals surface area contributed by atoms with Gasteiger partial charge in [0.2, 0.25) is 0 Å². The standard InChI is InChI=1S/C16H21N3O/c1-10-15(17)18-19(16(10)20)11(2)13-8-7-12-5-3-4-6-14(12)9-13/h7-9,11,18H,3-6,17H2,1-2H3. The van der Waals surface area contributed by atoms with E-state index in [2.05, 4.69) is 23.3 Å². The third kappa shape index (κ3) is 2.05. The number of nitrogen functional groups attached to an aromatic ring is 1. The maximum atomic E-state index is 12.1. The lowest BCUT2D eigenvalue weighted by molar-refractivity contribution is 0.547. The molecule has 1 heterocycles. The summed E-state index contributed by atoms with van der Waals surface area (Å²) in [5.74, 6) is 0.458. The lowest BCUT2D eigenvalue weighted by Crippen LogP contribution is -2.22. The summed E-state index contributed by atoms with van der Waals surface area (Å²) in [4.78, 5) is 12.1. The predicted octanol–water partition coefficient (Wildman–Crippen LogP) is 2.56. The smallest absolute Gasteiger partial charge is 0.272 e. The van der Waals surface area contributed by atoms with E-state index < -0.39 is 0 Å². The second kappa shape index (κ2) is 4.85. The molecule has 0 saturated heterocycles. The van der Waals surface area contributed by atoms with Crippen LogP contribution in [0.5, 0.6) is 0 Å². The molecule has 2 aromatic rings. The molecule has 0 amide bonds. The van der Waals surface area contributed by atoms with Gasteiger partial charge in [-0.1, -0.05) is 18.2 Å². The highest BCUT2D eigenvalue weighted by molar-refractivity contribution is 5.38. The Hall–Kier alpha value is -1.97. The van der Waals surface area contributed by atoms with Crippen molar-refractivity contribution in [2.24, 2.45) is 0 Å². The molecule has 3 rings (SSSR count). The Morgan fingerprint density at radius 3 is 2.60 bits per heavy atom. The highest BCUT2D eigenvalue weighted by Crippen LogP contribution is 2.26. The van der Waals surface area contributed by atoms with Gasteiger partial charge in [0, 0.05) is 0 Å². The first-order valence-electron chi connectivity index (χ1n) is 7.26. The second-order valence-corrected chi connectivity index (χ2v) is 5.74. The molecule has 3 N–H and O–H groups in total. The summed E-state index contributed by atoms with van der Waals surface area (Å²) in [6.45, 7) is 3.78. The summed E-state index contributed by atoms with van der Waals surface area (Å²) in [6, 6.07) is 6.57. The van der Waals surface area contributed by atoms with Crippen molar-refractivity contribution in [3.63, 3.8) is 0 Å². The van der Waals surface area contributed by atoms with Gasteiger partial charge in [-0.3, -0.25) is 9.89 Å². The average molecular weight is 271 g/mol. The maximum absolute atomic E-state index is 12.1. The summed E-state index contributed by atoms with van der Waals surface area (Å²) < 4.78 is 1.62. The van der Waals surface area contributed by atoms with E-state index in [1.165, 1.54) is 30.4 Å². The topological polar surface area (TPSA) is 63.8 Å². The SMILES string of the molecule is Cc1c(N)[nH]n(C(C)c2ccc3c(c2)CCCC3)c1=O. The van der Waals surface area contributed by atoms with Gasteiger partial charge in [0.05, 0.1) is 11.6 Å². The van der Waals surface area contributed by atoms with E-state index in [4.69, 9.17) is 5.73 Å². The zero-order valence-corrected chi connectivity index (χ0v) is 12.1. The normalized spacial score (nSPS) is 15.9. The number of anilines is 1. The van der Waals surface area contributed by atoms with Crippen molar-refractivity contribution in [3.05, 3.63) is 50.8 Å². The fraction of sp³-hybridized carbons (Fsp3) is 0.438. The Morgan fingerprint density at radius 2 is 1.95 bits per heavy atom. The summed E-state index contributed by atoms with van der Waals surface area (Å²) >= 11 is 0. The van der Waals surface area contributed by atoms with Gasteiger partial charge in [-0.2, -0.15) is 0 Å². The molecule has 1 unspecified atom stereocenters. The number of aromatic amines is 1. The molecular weight excluding hydrogens is 250 g/mol. The third-order valence-electron chi connectivity index (χ3n) is 4.43. The minimum atomic E-state index is -0.0345. The number of aryl methyl sites for hydroxylation is 2. The Labute approximate surface area is 118 Å². The van der Waals surface area contributed by atoms with Crippen molar-refractivity contribution in [2.45, 2.75) is 45.6 Å². The number of benzene rings is 1. The van der Waals surface area contributed by atoms with Crippen LogP contribution >= 0.6 is 0 Å². The third-order valence-corrected chi connectivity index (χ3v) is 4.43. The Kier molecular flexibility index (Phi) is 3.16. The van der Waals surface area contributed by atoms with Crippen molar-refractivity contribution in [2.75, 3.05) is 5.73 Å². The van der Waals surface area contributed by atoms with Gasteiger partial charge >= 0.3 is 0 Å². The maximum Gasteiger partial charge on any atom is 0.272 e. The molecule has 0 radical (unpaired) electrons. The molecule has 1 aromatic heterocycles. The molecule has 106 valence electrons. The first kappa shape index (κ1) is 13.0. The Morgan fingerprint density at radius 1 is 1.25 bits per heavy atom. The van der Waals surface area contributed by atoms with Gasteiger partial charge in [-0.15, -0.1) is 0 Å². The van der Waals surface area contributed by atoms with Crippen molar-refractivity contribution < 1.29 is 0 Å². The molecule has 4 nitrogen and oxygen atoms in total. The van der Waals surface area contributed by atoms with Crippen molar-refractivity contribution >= 4 is 5.82 Å². The molecular formula is C16H21N3O. The molecule has 1 aliphatic carbocycles. The van der Waals surface area contributed by atoms with E-state index in [-0.39, 0.29) is 11.6 Å². The number of fused-ring (bicyclic) bond motifs is 1. The van der Waals surface area contributed by atoms with Crippen molar-refractivity contribution in [3.8, 4) is 0 Å². The number of nitrogens with zero attached hydrogens (tertiary/aromatic N) is 1. The van der Waals surface area contributed by atoms with Crippen molar-refractivity contribution in [1.29, 1.82) is 0 Å². The molecule has 0 saturated carbocycles. The fourth-order valence-electron chi connectivity index (χ4n) is 3.00. The fourth-order valence-corrected chi connectivity index (χ4v) is 3.00. The van der Waals surface area contributed by atoms with E-state index in [1.807, 2.05) is 6.92 Å². The number of H-pyrrole nitrogens is 1. The van der Waals surface area contributed by atoms with Gasteiger partial charge in [0.25, 0.3) is 5.56 Å². The van der Waals surface area contributed by atoms with Gasteiger partial charge < -0.3 is 5.73 Å². The lowest BCUT2D eigenvalue weighted by Gasteiger charge is -2.19. The van der Waals surface area contributed by atoms with E-state index in [1.54, 1.807) is 11.6 Å². The molecule has 1 aliphatic rings. The molecule has 1 aromatic carbocycles. The van der Waals surface area contributed by atoms with Crippen LogP contribution in [0.15, 0.2) is 23.0 Å². The van der Waals surface area contributed by atoms with Crippen LogP contribution in [0.1, 0.15) is 48.1 Å². The highest BCUT2D eigenvalue weighted by Gasteiger charge is 2.17. The van der Waals surface area contributed by atoms with Gasteiger partial charge in [-0.05, 0) is 56.2 Å². The van der Waals surface area contributed by atoms with Gasteiger partial charge in [0.15, 0.2) is 0 Å². The van der Waals surface area contributed by atoms with E-state index in [9.17, 15) is 4.79 Å². The second-order valence-electron chi connectivity index (χ2n) is 5.74. The molecule has 20 heavy (non-hydrogen) atoms. The molecule has 0 fully saturated rings. The average Bonchev–Trinajstić information content (AvgIpc) is 2.73. The summed E-state index contributed by atoms with van der Waals surface area (Å²) in [6.07, 6.45) is 4.88. The van der Waals surface area contributed by atoms with Crippen LogP contribution in [0.4, 0.5) is 5.82 Å². The van der Waals surface area contributed by atoms with Crippen LogP contribution in [0.2, 0.25) is 0 Å². The van der Waals surface area contributed by atoms with E-state index >= 15 is 0 Å². The van der Waals surface area contributed by atoms with Crippen LogP contribution in [0, 0.1) is 6.92 Å². The molecule has 0 spiro atoms. The van der Waals surface area contributed by atoms with E-state index in [0.29, 0.717) is 11.4 Å². The first-order chi connectivity index (χ1) is 9.58. The monoisotopic (exact) mass is 271 g/mol. The molecule has 4 heteroatoms. The largest absolute Gasteiger partial charge is 0.384 e. The lowest BCUT2D eigenvalue weighted by atomic mass is 9.89. The predicted molar refractivity (Wildman–Crippen MR) is 81.1 cm³/mol. The highest BCUT2D eigenvalue weighted by atomic mass is 16.1. The minimum Gasteiger partial charge on any atom is -0.384 e. The quantitative estimate of drug-likeness (QED) is 0.881. The number of nitrogens with one attached hydrogen (secondary N) is 1. The molecule has 0 aliphatic heterocycles. The molecule has 0 bridgehead atoms. The summed E-state index contributed by atoms with van der Waals surface area (Å²) in [5.41, 5.74) is 10.4. The van der Waals surface area contributed by atoms with Crippen LogP contribution in [0.3, 0.4) is 0 Å². The number of hydrogen-bond donors (Lipinski definition) is 2. The number of rotatable bonds is 2.